The highest BCUT2D eigenvalue weighted by Gasteiger charge is 2.44. The number of aromatic nitrogens is 2. The minimum atomic E-state index is -2.74. The molecule has 0 spiro atoms. The maximum absolute atomic E-state index is 13.6. The monoisotopic (exact) mass is 317 g/mol. The van der Waals surface area contributed by atoms with Gasteiger partial charge in [0, 0.05) is 30.5 Å². The summed E-state index contributed by atoms with van der Waals surface area (Å²) in [7, 11) is 0. The number of anilines is 1. The molecule has 0 bridgehead atoms. The van der Waals surface area contributed by atoms with E-state index in [1.54, 1.807) is 6.07 Å². The molecule has 1 saturated carbocycles. The van der Waals surface area contributed by atoms with E-state index in [1.165, 1.54) is 6.20 Å². The fraction of sp³-hybridized carbons (Fsp3) is 0.353. The third kappa shape index (κ3) is 3.70. The molecule has 1 N–H and O–H groups in total. The van der Waals surface area contributed by atoms with Gasteiger partial charge < -0.3 is 5.32 Å². The van der Waals surface area contributed by atoms with Crippen LogP contribution in [0.25, 0.3) is 11.4 Å². The summed E-state index contributed by atoms with van der Waals surface area (Å²) in [5.74, 6) is -3.25. The summed E-state index contributed by atoms with van der Waals surface area (Å²) >= 11 is 0. The van der Waals surface area contributed by atoms with Crippen molar-refractivity contribution in [3.63, 3.8) is 0 Å². The van der Waals surface area contributed by atoms with Gasteiger partial charge in [0.05, 0.1) is 0 Å². The number of benzene rings is 1. The Morgan fingerprint density at radius 1 is 1.26 bits per heavy atom. The number of alkyl halides is 2. The Morgan fingerprint density at radius 3 is 2.74 bits per heavy atom. The van der Waals surface area contributed by atoms with Gasteiger partial charge in [-0.25, -0.2) is 18.7 Å². The maximum atomic E-state index is 13.6. The Bertz CT molecular complexity index is 691. The first-order valence-corrected chi connectivity index (χ1v) is 7.61. The summed E-state index contributed by atoms with van der Waals surface area (Å²) in [5.41, 5.74) is 0.825. The zero-order valence-electron chi connectivity index (χ0n) is 12.5. The molecule has 1 amide bonds. The van der Waals surface area contributed by atoms with Crippen LogP contribution in [0.5, 0.6) is 0 Å². The standard InChI is InChI=1S/C17H17F2N3O/c18-17(19)9-4-7-13(17)11-15(23)21-14-8-10-20-16(22-14)12-5-2-1-3-6-12/h1-3,5-6,8,10,13H,4,7,9,11H2,(H,20,21,22,23). The Kier molecular flexibility index (Phi) is 4.32. The molecule has 1 aliphatic carbocycles. The van der Waals surface area contributed by atoms with Crippen LogP contribution in [-0.4, -0.2) is 21.8 Å². The van der Waals surface area contributed by atoms with Crippen LogP contribution in [-0.2, 0) is 4.79 Å². The van der Waals surface area contributed by atoms with Crippen molar-refractivity contribution in [2.24, 2.45) is 5.92 Å². The minimum Gasteiger partial charge on any atom is -0.311 e. The molecule has 1 fully saturated rings. The van der Waals surface area contributed by atoms with Crippen molar-refractivity contribution in [3.05, 3.63) is 42.6 Å². The van der Waals surface area contributed by atoms with Crippen molar-refractivity contribution in [2.45, 2.75) is 31.6 Å². The van der Waals surface area contributed by atoms with Gasteiger partial charge in [0.2, 0.25) is 5.91 Å². The fourth-order valence-corrected chi connectivity index (χ4v) is 2.82. The second kappa shape index (κ2) is 6.40. The molecule has 2 aromatic rings. The highest BCUT2D eigenvalue weighted by Crippen LogP contribution is 2.42. The topological polar surface area (TPSA) is 54.9 Å². The van der Waals surface area contributed by atoms with Gasteiger partial charge in [-0.3, -0.25) is 4.79 Å². The zero-order valence-corrected chi connectivity index (χ0v) is 12.5. The van der Waals surface area contributed by atoms with Gasteiger partial charge in [-0.1, -0.05) is 30.3 Å². The fourth-order valence-electron chi connectivity index (χ4n) is 2.82. The number of carbonyl (C=O) groups excluding carboxylic acids is 1. The quantitative estimate of drug-likeness (QED) is 0.930. The number of amides is 1. The normalized spacial score (nSPS) is 19.5. The van der Waals surface area contributed by atoms with Crippen LogP contribution in [0, 0.1) is 5.92 Å². The molecule has 120 valence electrons. The van der Waals surface area contributed by atoms with E-state index in [1.807, 2.05) is 30.3 Å². The van der Waals surface area contributed by atoms with Crippen molar-refractivity contribution in [1.29, 1.82) is 0 Å². The summed E-state index contributed by atoms with van der Waals surface area (Å²) in [6, 6.07) is 10.9. The van der Waals surface area contributed by atoms with Crippen molar-refractivity contribution < 1.29 is 13.6 Å². The van der Waals surface area contributed by atoms with Crippen LogP contribution in [0.1, 0.15) is 25.7 Å². The molecule has 0 aliphatic heterocycles. The lowest BCUT2D eigenvalue weighted by molar-refractivity contribution is -0.120. The van der Waals surface area contributed by atoms with Crippen LogP contribution in [0.3, 0.4) is 0 Å². The van der Waals surface area contributed by atoms with Gasteiger partial charge in [0.25, 0.3) is 5.92 Å². The van der Waals surface area contributed by atoms with Gasteiger partial charge in [-0.2, -0.15) is 0 Å². The molecular weight excluding hydrogens is 300 g/mol. The van der Waals surface area contributed by atoms with Crippen molar-refractivity contribution >= 4 is 11.7 Å². The maximum Gasteiger partial charge on any atom is 0.251 e. The summed E-state index contributed by atoms with van der Waals surface area (Å²) in [6.07, 6.45) is 2.08. The number of halogens is 2. The average molecular weight is 317 g/mol. The van der Waals surface area contributed by atoms with Gasteiger partial charge in [0.1, 0.15) is 5.82 Å². The number of nitrogens with one attached hydrogen (secondary N) is 1. The molecule has 1 aliphatic rings. The molecular formula is C17H17F2N3O. The number of carbonyl (C=O) groups is 1. The second-order valence-corrected chi connectivity index (χ2v) is 5.73. The van der Waals surface area contributed by atoms with Gasteiger partial charge in [-0.05, 0) is 18.9 Å². The first-order chi connectivity index (χ1) is 11.0. The van der Waals surface area contributed by atoms with Crippen LogP contribution in [0.2, 0.25) is 0 Å². The van der Waals surface area contributed by atoms with E-state index in [0.717, 1.165) is 5.56 Å². The lowest BCUT2D eigenvalue weighted by atomic mass is 10.0. The molecule has 0 saturated heterocycles. The predicted octanol–water partition coefficient (Wildman–Crippen LogP) is 3.91. The predicted molar refractivity (Wildman–Crippen MR) is 83.0 cm³/mol. The number of hydrogen-bond acceptors (Lipinski definition) is 3. The first-order valence-electron chi connectivity index (χ1n) is 7.61. The molecule has 6 heteroatoms. The van der Waals surface area contributed by atoms with Crippen LogP contribution in [0.4, 0.5) is 14.6 Å². The SMILES string of the molecule is O=C(CC1CCCC1(F)F)Nc1ccnc(-c2ccccc2)n1. The largest absolute Gasteiger partial charge is 0.311 e. The number of rotatable bonds is 4. The smallest absolute Gasteiger partial charge is 0.251 e. The van der Waals surface area contributed by atoms with E-state index < -0.39 is 17.7 Å². The lowest BCUT2D eigenvalue weighted by Crippen LogP contribution is -2.27. The molecule has 23 heavy (non-hydrogen) atoms. The van der Waals surface area contributed by atoms with Crippen LogP contribution >= 0.6 is 0 Å². The van der Waals surface area contributed by atoms with Crippen molar-refractivity contribution in [1.82, 2.24) is 9.97 Å². The van der Waals surface area contributed by atoms with E-state index in [9.17, 15) is 13.6 Å². The molecule has 1 aromatic heterocycles. The van der Waals surface area contributed by atoms with E-state index in [2.05, 4.69) is 15.3 Å². The first kappa shape index (κ1) is 15.5. The van der Waals surface area contributed by atoms with Gasteiger partial charge in [-0.15, -0.1) is 0 Å². The summed E-state index contributed by atoms with van der Waals surface area (Å²) in [6.45, 7) is 0. The lowest BCUT2D eigenvalue weighted by Gasteiger charge is -2.18. The molecule has 1 unspecified atom stereocenters. The molecule has 1 heterocycles. The van der Waals surface area contributed by atoms with E-state index in [-0.39, 0.29) is 12.8 Å². The highest BCUT2D eigenvalue weighted by atomic mass is 19.3. The summed E-state index contributed by atoms with van der Waals surface area (Å²) in [4.78, 5) is 20.4. The third-order valence-electron chi connectivity index (χ3n) is 4.05. The molecule has 4 nitrogen and oxygen atoms in total. The number of hydrogen-bond donors (Lipinski definition) is 1. The number of nitrogens with zero attached hydrogens (tertiary/aromatic N) is 2. The van der Waals surface area contributed by atoms with Crippen molar-refractivity contribution in [3.8, 4) is 11.4 Å². The molecule has 1 atom stereocenters. The van der Waals surface area contributed by atoms with Crippen LogP contribution < -0.4 is 5.32 Å². The second-order valence-electron chi connectivity index (χ2n) is 5.73. The van der Waals surface area contributed by atoms with Crippen molar-refractivity contribution in [2.75, 3.05) is 5.32 Å². The Balaban J connectivity index is 1.67. The third-order valence-corrected chi connectivity index (χ3v) is 4.05. The molecule has 1 aromatic carbocycles. The Labute approximate surface area is 133 Å². The molecule has 3 rings (SSSR count). The summed E-state index contributed by atoms with van der Waals surface area (Å²) in [5, 5.41) is 2.59. The van der Waals surface area contributed by atoms with Gasteiger partial charge in [0.15, 0.2) is 5.82 Å². The van der Waals surface area contributed by atoms with Crippen LogP contribution in [0.15, 0.2) is 42.6 Å². The minimum absolute atomic E-state index is 0.128. The zero-order chi connectivity index (χ0) is 16.3. The van der Waals surface area contributed by atoms with E-state index in [4.69, 9.17) is 0 Å². The highest BCUT2D eigenvalue weighted by molar-refractivity contribution is 5.90. The molecule has 0 radical (unpaired) electrons. The average Bonchev–Trinajstić information content (AvgIpc) is 2.87. The Morgan fingerprint density at radius 2 is 2.04 bits per heavy atom. The van der Waals surface area contributed by atoms with E-state index in [0.29, 0.717) is 24.5 Å². The van der Waals surface area contributed by atoms with Gasteiger partial charge >= 0.3 is 0 Å². The van der Waals surface area contributed by atoms with E-state index >= 15 is 0 Å². The Hall–Kier alpha value is -2.37. The summed E-state index contributed by atoms with van der Waals surface area (Å²) < 4.78 is 27.2.